The highest BCUT2D eigenvalue weighted by atomic mass is 16.7. The van der Waals surface area contributed by atoms with Crippen LogP contribution in [0.4, 0.5) is 0 Å². The molecule has 0 bridgehead atoms. The van der Waals surface area contributed by atoms with E-state index in [1.54, 1.807) is 0 Å². The molecule has 1 spiro atoms. The quantitative estimate of drug-likeness (QED) is 0.502. The molecule has 5 rings (SSSR count). The molecule has 2 aromatic rings. The molecular weight excluding hydrogens is 428 g/mol. The van der Waals surface area contributed by atoms with Crippen molar-refractivity contribution in [2.75, 3.05) is 13.2 Å². The molecule has 3 fully saturated rings. The Morgan fingerprint density at radius 1 is 0.706 bits per heavy atom. The highest BCUT2D eigenvalue weighted by Crippen LogP contribution is 2.36. The first-order chi connectivity index (χ1) is 16.2. The first kappa shape index (κ1) is 26.6. The smallest absolute Gasteiger partial charge is 0.168 e. The second kappa shape index (κ2) is 13.7. The molecule has 2 aliphatic carbocycles. The minimum atomic E-state index is -0.271. The molecule has 2 aromatic carbocycles. The van der Waals surface area contributed by atoms with Crippen LogP contribution in [-0.4, -0.2) is 37.0 Å². The van der Waals surface area contributed by atoms with Gasteiger partial charge in [0.2, 0.25) is 0 Å². The van der Waals surface area contributed by atoms with Crippen LogP contribution in [0.25, 0.3) is 0 Å². The molecule has 3 aliphatic rings. The monoisotopic (exact) mass is 468 g/mol. The number of hydrogen-bond donors (Lipinski definition) is 0. The Labute approximate surface area is 204 Å². The van der Waals surface area contributed by atoms with E-state index in [0.717, 1.165) is 51.7 Å². The van der Waals surface area contributed by atoms with Crippen molar-refractivity contribution in [1.82, 2.24) is 0 Å². The van der Waals surface area contributed by atoms with E-state index in [4.69, 9.17) is 18.9 Å². The fourth-order valence-electron chi connectivity index (χ4n) is 4.64. The number of hydrogen-bond acceptors (Lipinski definition) is 5. The van der Waals surface area contributed by atoms with Crippen molar-refractivity contribution in [3.05, 3.63) is 71.8 Å². The molecule has 1 aliphatic heterocycles. The molecule has 5 nitrogen and oxygen atoms in total. The van der Waals surface area contributed by atoms with E-state index >= 15 is 0 Å². The summed E-state index contributed by atoms with van der Waals surface area (Å²) in [6.45, 7) is 2.87. The summed E-state index contributed by atoms with van der Waals surface area (Å²) in [6, 6.07) is 20.5. The van der Waals surface area contributed by atoms with Crippen molar-refractivity contribution < 1.29 is 23.7 Å². The Morgan fingerprint density at radius 3 is 1.62 bits per heavy atom. The summed E-state index contributed by atoms with van der Waals surface area (Å²) in [5.41, 5.74) is 2.44. The Hall–Kier alpha value is -2.05. The summed E-state index contributed by atoms with van der Waals surface area (Å²) in [5, 5.41) is 0. The van der Waals surface area contributed by atoms with Crippen LogP contribution in [0.1, 0.15) is 69.9 Å². The van der Waals surface area contributed by atoms with Gasteiger partial charge >= 0.3 is 0 Å². The average Bonchev–Trinajstić information content (AvgIpc) is 3.33. The van der Waals surface area contributed by atoms with E-state index in [9.17, 15) is 4.79 Å². The molecule has 5 heteroatoms. The summed E-state index contributed by atoms with van der Waals surface area (Å²) in [5.74, 6) is 0.113. The standard InChI is InChI=1S/C15H20O3.C13H16O2.CH4/c1-2-4-13(5-3-1)12-16-14-6-8-15(9-7-14)17-10-11-18-15;14-12-6-8-13(9-7-12)15-10-11-4-2-1-3-5-11;/h1-5,14H,6-12H2;1-5,13H,6-10H2;1H4. The lowest BCUT2D eigenvalue weighted by Gasteiger charge is -2.35. The van der Waals surface area contributed by atoms with E-state index in [1.165, 1.54) is 11.1 Å². The van der Waals surface area contributed by atoms with Crippen LogP contribution in [-0.2, 0) is 37.0 Å². The zero-order chi connectivity index (χ0) is 22.8. The second-order valence-corrected chi connectivity index (χ2v) is 9.14. The summed E-state index contributed by atoms with van der Waals surface area (Å²) in [7, 11) is 0. The Bertz CT molecular complexity index is 812. The lowest BCUT2D eigenvalue weighted by Crippen LogP contribution is -2.37. The van der Waals surface area contributed by atoms with E-state index < -0.39 is 0 Å². The van der Waals surface area contributed by atoms with Crippen molar-refractivity contribution in [2.45, 2.75) is 90.0 Å². The van der Waals surface area contributed by atoms with Gasteiger partial charge in [-0.1, -0.05) is 68.1 Å². The summed E-state index contributed by atoms with van der Waals surface area (Å²) in [4.78, 5) is 11.0. The van der Waals surface area contributed by atoms with Crippen LogP contribution in [0.15, 0.2) is 60.7 Å². The van der Waals surface area contributed by atoms with Gasteiger partial charge in [-0.25, -0.2) is 0 Å². The van der Waals surface area contributed by atoms with E-state index in [1.807, 2.05) is 24.3 Å². The third kappa shape index (κ3) is 8.31. The van der Waals surface area contributed by atoms with Crippen LogP contribution < -0.4 is 0 Å². The minimum Gasteiger partial charge on any atom is -0.374 e. The summed E-state index contributed by atoms with van der Waals surface area (Å²) < 4.78 is 23.2. The average molecular weight is 469 g/mol. The van der Waals surface area contributed by atoms with Gasteiger partial charge in [0.15, 0.2) is 5.79 Å². The van der Waals surface area contributed by atoms with Crippen LogP contribution in [0, 0.1) is 0 Å². The Balaban J connectivity index is 0.000000188. The van der Waals surface area contributed by atoms with Crippen LogP contribution >= 0.6 is 0 Å². The van der Waals surface area contributed by atoms with E-state index in [-0.39, 0.29) is 19.3 Å². The van der Waals surface area contributed by atoms with Gasteiger partial charge in [0.25, 0.3) is 0 Å². The Kier molecular flexibility index (Phi) is 10.7. The van der Waals surface area contributed by atoms with Gasteiger partial charge in [0.05, 0.1) is 38.6 Å². The Morgan fingerprint density at radius 2 is 1.15 bits per heavy atom. The molecule has 0 N–H and O–H groups in total. The van der Waals surface area contributed by atoms with E-state index in [2.05, 4.69) is 36.4 Å². The molecule has 0 unspecified atom stereocenters. The molecule has 0 atom stereocenters. The molecule has 0 aromatic heterocycles. The maximum atomic E-state index is 11.0. The molecular formula is C29H40O5. The van der Waals surface area contributed by atoms with Crippen molar-refractivity contribution in [3.8, 4) is 0 Å². The van der Waals surface area contributed by atoms with Crippen molar-refractivity contribution >= 4 is 5.78 Å². The molecule has 186 valence electrons. The fourth-order valence-corrected chi connectivity index (χ4v) is 4.64. The molecule has 0 radical (unpaired) electrons. The number of ketones is 1. The van der Waals surface area contributed by atoms with Gasteiger partial charge in [-0.2, -0.15) is 0 Å². The molecule has 1 saturated heterocycles. The van der Waals surface area contributed by atoms with Gasteiger partial charge in [0, 0.05) is 25.7 Å². The predicted octanol–water partition coefficient (Wildman–Crippen LogP) is 6.24. The maximum Gasteiger partial charge on any atom is 0.168 e. The number of rotatable bonds is 6. The minimum absolute atomic E-state index is 0. The fraction of sp³-hybridized carbons (Fsp3) is 0.552. The summed E-state index contributed by atoms with van der Waals surface area (Å²) >= 11 is 0. The predicted molar refractivity (Wildman–Crippen MR) is 133 cm³/mol. The number of carbonyl (C=O) groups excluding carboxylic acids is 1. The zero-order valence-electron chi connectivity index (χ0n) is 19.5. The van der Waals surface area contributed by atoms with Gasteiger partial charge in [-0.3, -0.25) is 4.79 Å². The molecule has 2 saturated carbocycles. The van der Waals surface area contributed by atoms with Gasteiger partial charge in [-0.15, -0.1) is 0 Å². The van der Waals surface area contributed by atoms with Gasteiger partial charge in [0.1, 0.15) is 5.78 Å². The van der Waals surface area contributed by atoms with Crippen molar-refractivity contribution in [2.24, 2.45) is 0 Å². The lowest BCUT2D eigenvalue weighted by molar-refractivity contribution is -0.192. The van der Waals surface area contributed by atoms with Crippen molar-refractivity contribution in [1.29, 1.82) is 0 Å². The van der Waals surface area contributed by atoms with Crippen LogP contribution in [0.5, 0.6) is 0 Å². The summed E-state index contributed by atoms with van der Waals surface area (Å²) in [6.07, 6.45) is 7.81. The highest BCUT2D eigenvalue weighted by molar-refractivity contribution is 5.79. The van der Waals surface area contributed by atoms with Gasteiger partial charge in [-0.05, 0) is 36.8 Å². The largest absolute Gasteiger partial charge is 0.374 e. The normalized spacial score (nSPS) is 20.4. The SMILES string of the molecule is C.O=C1CCC(OCc2ccccc2)CC1.c1ccc(COC2CCC3(CC2)OCCO3)cc1. The zero-order valence-corrected chi connectivity index (χ0v) is 19.5. The van der Waals surface area contributed by atoms with Crippen LogP contribution in [0.2, 0.25) is 0 Å². The lowest BCUT2D eigenvalue weighted by atomic mass is 9.92. The van der Waals surface area contributed by atoms with E-state index in [0.29, 0.717) is 37.9 Å². The van der Waals surface area contributed by atoms with Crippen molar-refractivity contribution in [3.63, 3.8) is 0 Å². The van der Waals surface area contributed by atoms with Crippen LogP contribution in [0.3, 0.4) is 0 Å². The second-order valence-electron chi connectivity index (χ2n) is 9.14. The number of ether oxygens (including phenoxy) is 4. The maximum absolute atomic E-state index is 11.0. The third-order valence-electron chi connectivity index (χ3n) is 6.66. The molecule has 1 heterocycles. The first-order valence-electron chi connectivity index (χ1n) is 12.3. The highest BCUT2D eigenvalue weighted by Gasteiger charge is 2.40. The molecule has 0 amide bonds. The molecule has 34 heavy (non-hydrogen) atoms. The topological polar surface area (TPSA) is 54.0 Å². The number of carbonyl (C=O) groups is 1. The van der Waals surface area contributed by atoms with Gasteiger partial charge < -0.3 is 18.9 Å². The number of Topliss-reactive ketones (excluding diaryl/α,β-unsaturated/α-hetero) is 1. The first-order valence-corrected chi connectivity index (χ1v) is 12.3. The number of benzene rings is 2. The third-order valence-corrected chi connectivity index (χ3v) is 6.66.